The van der Waals surface area contributed by atoms with E-state index in [0.717, 1.165) is 21.8 Å². The van der Waals surface area contributed by atoms with Gasteiger partial charge in [0.2, 0.25) is 0 Å². The molecule has 0 amide bonds. The van der Waals surface area contributed by atoms with Crippen molar-refractivity contribution in [1.29, 1.82) is 0 Å². The number of rotatable bonds is 5. The molecule has 0 unspecified atom stereocenters. The second-order valence-corrected chi connectivity index (χ2v) is 7.96. The van der Waals surface area contributed by atoms with Crippen LogP contribution in [0.5, 0.6) is 0 Å². The van der Waals surface area contributed by atoms with Crippen LogP contribution in [0.3, 0.4) is 0 Å². The maximum Gasteiger partial charge on any atom is 0.159 e. The summed E-state index contributed by atoms with van der Waals surface area (Å²) in [6, 6.07) is 11.2. The lowest BCUT2D eigenvalue weighted by Crippen LogP contribution is -1.90. The number of thiophene rings is 1. The topological polar surface area (TPSA) is 70.2 Å². The molecule has 31 heavy (non-hydrogen) atoms. The number of imidazole rings is 1. The van der Waals surface area contributed by atoms with E-state index in [-0.39, 0.29) is 5.82 Å². The molecular weight excluding hydrogens is 409 g/mol. The number of aromatic amines is 2. The SMILES string of the molecule is C=C/C=C(/c1cccs1)c1nc(-c2n[nH]c3ccc(-c4cccnc4)c(F)c23)[nH]c1C. The molecule has 0 radical (unpaired) electrons. The number of fused-ring (bicyclic) bond motifs is 1. The molecule has 0 fully saturated rings. The molecule has 4 heterocycles. The van der Waals surface area contributed by atoms with E-state index in [2.05, 4.69) is 26.7 Å². The first kappa shape index (κ1) is 19.1. The molecule has 152 valence electrons. The minimum atomic E-state index is -0.357. The predicted molar refractivity (Wildman–Crippen MR) is 123 cm³/mol. The number of hydrogen-bond acceptors (Lipinski definition) is 4. The maximum absolute atomic E-state index is 15.6. The Balaban J connectivity index is 1.67. The predicted octanol–water partition coefficient (Wildman–Crippen LogP) is 6.14. The second-order valence-electron chi connectivity index (χ2n) is 7.02. The fraction of sp³-hybridized carbons (Fsp3) is 0.0417. The Hall–Kier alpha value is -3.84. The number of hydrogen-bond donors (Lipinski definition) is 2. The van der Waals surface area contributed by atoms with Gasteiger partial charge in [-0.15, -0.1) is 11.3 Å². The van der Waals surface area contributed by atoms with E-state index < -0.39 is 0 Å². The van der Waals surface area contributed by atoms with Gasteiger partial charge in [0.1, 0.15) is 11.5 Å². The van der Waals surface area contributed by atoms with Crippen LogP contribution in [0.25, 0.3) is 39.1 Å². The van der Waals surface area contributed by atoms with Gasteiger partial charge in [-0.3, -0.25) is 10.1 Å². The van der Waals surface area contributed by atoms with Crippen LogP contribution < -0.4 is 0 Å². The van der Waals surface area contributed by atoms with Crippen LogP contribution in [0, 0.1) is 12.7 Å². The summed E-state index contributed by atoms with van der Waals surface area (Å²) >= 11 is 1.63. The molecule has 7 heteroatoms. The lowest BCUT2D eigenvalue weighted by molar-refractivity contribution is 0.643. The molecule has 0 atom stereocenters. The Morgan fingerprint density at radius 1 is 1.19 bits per heavy atom. The summed E-state index contributed by atoms with van der Waals surface area (Å²) in [6.07, 6.45) is 6.99. The van der Waals surface area contributed by atoms with Gasteiger partial charge >= 0.3 is 0 Å². The third-order valence-electron chi connectivity index (χ3n) is 5.07. The molecule has 4 aromatic heterocycles. The number of benzene rings is 1. The largest absolute Gasteiger partial charge is 0.340 e. The molecule has 0 bridgehead atoms. The quantitative estimate of drug-likeness (QED) is 0.331. The summed E-state index contributed by atoms with van der Waals surface area (Å²) in [6.45, 7) is 5.78. The Kier molecular flexibility index (Phi) is 4.80. The van der Waals surface area contributed by atoms with Gasteiger partial charge in [0, 0.05) is 39.7 Å². The molecule has 1 aromatic carbocycles. The van der Waals surface area contributed by atoms with Crippen molar-refractivity contribution in [1.82, 2.24) is 25.1 Å². The van der Waals surface area contributed by atoms with Crippen molar-refractivity contribution >= 4 is 27.8 Å². The maximum atomic E-state index is 15.6. The van der Waals surface area contributed by atoms with E-state index in [0.29, 0.717) is 33.5 Å². The molecule has 5 rings (SSSR count). The van der Waals surface area contributed by atoms with Gasteiger partial charge in [0.05, 0.1) is 16.6 Å². The number of nitrogens with zero attached hydrogens (tertiary/aromatic N) is 3. The summed E-state index contributed by atoms with van der Waals surface area (Å²) in [4.78, 5) is 13.3. The number of nitrogens with one attached hydrogen (secondary N) is 2. The standard InChI is InChI=1S/C24H18FN5S/c1-3-6-17(19-8-5-12-31-19)22-14(2)27-24(28-22)23-20-18(29-30-23)10-9-16(21(20)25)15-7-4-11-26-13-15/h3-13H,1H2,2H3,(H,27,28)(H,29,30)/b17-6-. The van der Waals surface area contributed by atoms with Gasteiger partial charge in [0.15, 0.2) is 5.82 Å². The number of allylic oxidation sites excluding steroid dienone is 2. The zero-order valence-electron chi connectivity index (χ0n) is 16.7. The normalized spacial score (nSPS) is 11.9. The Morgan fingerprint density at radius 2 is 2.10 bits per heavy atom. The zero-order valence-corrected chi connectivity index (χ0v) is 17.5. The van der Waals surface area contributed by atoms with Gasteiger partial charge in [-0.1, -0.05) is 30.9 Å². The van der Waals surface area contributed by atoms with Crippen molar-refractivity contribution < 1.29 is 4.39 Å². The third kappa shape index (κ3) is 3.29. The number of aryl methyl sites for hydroxylation is 1. The Morgan fingerprint density at radius 3 is 2.84 bits per heavy atom. The number of aromatic nitrogens is 5. The van der Waals surface area contributed by atoms with Crippen LogP contribution in [-0.2, 0) is 0 Å². The van der Waals surface area contributed by atoms with Crippen LogP contribution in [-0.4, -0.2) is 25.1 Å². The molecule has 0 spiro atoms. The number of H-pyrrole nitrogens is 2. The molecule has 0 saturated heterocycles. The van der Waals surface area contributed by atoms with Crippen LogP contribution in [0.15, 0.2) is 72.9 Å². The van der Waals surface area contributed by atoms with E-state index in [9.17, 15) is 0 Å². The van der Waals surface area contributed by atoms with Crippen LogP contribution in [0.4, 0.5) is 4.39 Å². The van der Waals surface area contributed by atoms with Crippen molar-refractivity contribution in [2.24, 2.45) is 0 Å². The van der Waals surface area contributed by atoms with Gasteiger partial charge < -0.3 is 4.98 Å². The summed E-state index contributed by atoms with van der Waals surface area (Å²) in [5, 5.41) is 9.71. The first-order chi connectivity index (χ1) is 15.2. The fourth-order valence-electron chi connectivity index (χ4n) is 3.65. The number of halogens is 1. The van der Waals surface area contributed by atoms with E-state index in [1.54, 1.807) is 41.9 Å². The minimum Gasteiger partial charge on any atom is -0.340 e. The van der Waals surface area contributed by atoms with Gasteiger partial charge in [-0.2, -0.15) is 5.10 Å². The second kappa shape index (κ2) is 7.77. The third-order valence-corrected chi connectivity index (χ3v) is 5.98. The highest BCUT2D eigenvalue weighted by molar-refractivity contribution is 7.11. The molecule has 0 aliphatic heterocycles. The summed E-state index contributed by atoms with van der Waals surface area (Å²) in [5.74, 6) is 0.150. The highest BCUT2D eigenvalue weighted by Gasteiger charge is 2.21. The first-order valence-electron chi connectivity index (χ1n) is 9.68. The molecule has 5 aromatic rings. The molecular formula is C24H18FN5S. The highest BCUT2D eigenvalue weighted by Crippen LogP contribution is 2.35. The lowest BCUT2D eigenvalue weighted by Gasteiger charge is -2.04. The first-order valence-corrected chi connectivity index (χ1v) is 10.6. The Bertz CT molecular complexity index is 1410. The summed E-state index contributed by atoms with van der Waals surface area (Å²) in [7, 11) is 0. The van der Waals surface area contributed by atoms with Crippen molar-refractivity contribution in [2.45, 2.75) is 6.92 Å². The Labute approximate surface area is 182 Å². The average molecular weight is 428 g/mol. The summed E-state index contributed by atoms with van der Waals surface area (Å²) < 4.78 is 15.6. The fourth-order valence-corrected chi connectivity index (χ4v) is 4.40. The highest BCUT2D eigenvalue weighted by atomic mass is 32.1. The van der Waals surface area contributed by atoms with E-state index >= 15 is 4.39 Å². The van der Waals surface area contributed by atoms with E-state index in [4.69, 9.17) is 4.98 Å². The average Bonchev–Trinajstić information content (AvgIpc) is 3.53. The molecule has 0 aliphatic rings. The zero-order chi connectivity index (χ0) is 21.4. The van der Waals surface area contributed by atoms with Crippen molar-refractivity contribution in [2.75, 3.05) is 0 Å². The summed E-state index contributed by atoms with van der Waals surface area (Å²) in [5.41, 5.74) is 4.85. The van der Waals surface area contributed by atoms with Gasteiger partial charge in [-0.05, 0) is 36.6 Å². The van der Waals surface area contributed by atoms with Crippen LogP contribution >= 0.6 is 11.3 Å². The smallest absolute Gasteiger partial charge is 0.159 e. The monoisotopic (exact) mass is 427 g/mol. The molecule has 5 nitrogen and oxygen atoms in total. The van der Waals surface area contributed by atoms with Gasteiger partial charge in [-0.25, -0.2) is 9.37 Å². The molecule has 0 aliphatic carbocycles. The molecule has 2 N–H and O–H groups in total. The van der Waals surface area contributed by atoms with Crippen molar-refractivity contribution in [3.63, 3.8) is 0 Å². The minimum absolute atomic E-state index is 0.357. The van der Waals surface area contributed by atoms with E-state index in [1.807, 2.05) is 42.6 Å². The van der Waals surface area contributed by atoms with Crippen molar-refractivity contribution in [3.05, 3.63) is 95.0 Å². The van der Waals surface area contributed by atoms with Crippen LogP contribution in [0.1, 0.15) is 16.3 Å². The van der Waals surface area contributed by atoms with Crippen LogP contribution in [0.2, 0.25) is 0 Å². The van der Waals surface area contributed by atoms with Crippen molar-refractivity contribution in [3.8, 4) is 22.6 Å². The number of pyridine rings is 1. The van der Waals surface area contributed by atoms with Gasteiger partial charge in [0.25, 0.3) is 0 Å². The molecule has 0 saturated carbocycles. The lowest BCUT2D eigenvalue weighted by atomic mass is 10.0. The van der Waals surface area contributed by atoms with E-state index in [1.165, 1.54) is 0 Å².